The third kappa shape index (κ3) is 4.31. The normalized spacial score (nSPS) is 11.0. The van der Waals surface area contributed by atoms with E-state index in [1.165, 1.54) is 16.2 Å². The van der Waals surface area contributed by atoms with Crippen LogP contribution in [-0.4, -0.2) is 40.5 Å². The van der Waals surface area contributed by atoms with Gasteiger partial charge in [0, 0.05) is 14.2 Å². The van der Waals surface area contributed by atoms with Crippen molar-refractivity contribution in [3.8, 4) is 0 Å². The minimum Gasteiger partial charge on any atom is -0.379 e. The first-order valence-corrected chi connectivity index (χ1v) is 5.67. The monoisotopic (exact) mass is 224 g/mol. The quantitative estimate of drug-likeness (QED) is 0.740. The second-order valence-electron chi connectivity index (χ2n) is 3.96. The van der Waals surface area contributed by atoms with E-state index in [0.717, 1.165) is 26.3 Å². The molecule has 0 unspecified atom stereocenters. The Kier molecular flexibility index (Phi) is 6.08. The molecule has 16 heavy (non-hydrogen) atoms. The molecule has 90 valence electrons. The van der Waals surface area contributed by atoms with Gasteiger partial charge in [-0.3, -0.25) is 4.90 Å². The van der Waals surface area contributed by atoms with Gasteiger partial charge in [-0.1, -0.05) is 17.7 Å². The molecular formula is C13H22NO2+. The molecule has 0 saturated carbocycles. The molecule has 0 atom stereocenters. The minimum absolute atomic E-state index is 0.771. The highest BCUT2D eigenvalue weighted by molar-refractivity contribution is 5.31. The molecule has 0 aliphatic carbocycles. The molecule has 0 fully saturated rings. The van der Waals surface area contributed by atoms with E-state index in [1.807, 2.05) is 0 Å². The molecule has 1 rings (SSSR count). The van der Waals surface area contributed by atoms with Gasteiger partial charge in [0.25, 0.3) is 0 Å². The lowest BCUT2D eigenvalue weighted by Gasteiger charge is -2.18. The highest BCUT2D eigenvalue weighted by Crippen LogP contribution is 2.03. The van der Waals surface area contributed by atoms with Crippen LogP contribution in [0.25, 0.3) is 0 Å². The summed E-state index contributed by atoms with van der Waals surface area (Å²) in [7, 11) is 3.48. The van der Waals surface area contributed by atoms with Crippen LogP contribution in [0.5, 0.6) is 0 Å². The average Bonchev–Trinajstić information content (AvgIpc) is 2.31. The van der Waals surface area contributed by atoms with Gasteiger partial charge < -0.3 is 9.47 Å². The predicted octanol–water partition coefficient (Wildman–Crippen LogP) is 0.804. The Morgan fingerprint density at radius 3 is 1.88 bits per heavy atom. The Morgan fingerprint density at radius 2 is 1.44 bits per heavy atom. The number of quaternary nitrogens is 1. The van der Waals surface area contributed by atoms with Crippen LogP contribution in [0.15, 0.2) is 24.3 Å². The van der Waals surface area contributed by atoms with Gasteiger partial charge in [-0.2, -0.15) is 0 Å². The molecule has 0 bridgehead atoms. The molecule has 0 saturated heterocycles. The van der Waals surface area contributed by atoms with Gasteiger partial charge >= 0.3 is 0 Å². The summed E-state index contributed by atoms with van der Waals surface area (Å²) in [4.78, 5) is 1.41. The first-order chi connectivity index (χ1) is 7.77. The van der Waals surface area contributed by atoms with Crippen LogP contribution in [0.3, 0.4) is 0 Å². The minimum atomic E-state index is 0.771. The zero-order chi connectivity index (χ0) is 11.8. The van der Waals surface area contributed by atoms with Gasteiger partial charge in [-0.15, -0.1) is 0 Å². The van der Waals surface area contributed by atoms with Crippen molar-refractivity contribution in [3.05, 3.63) is 29.8 Å². The standard InChI is InChI=1S/C13H21NO2/c1-12-4-6-13(7-5-12)14(8-10-15-2)9-11-16-3/h4-7H,8-11H2,1-3H3/p+1. The molecule has 0 radical (unpaired) electrons. The molecule has 0 amide bonds. The van der Waals surface area contributed by atoms with Crippen molar-refractivity contribution in [1.29, 1.82) is 0 Å². The van der Waals surface area contributed by atoms with Gasteiger partial charge in [-0.05, 0) is 19.1 Å². The second-order valence-corrected chi connectivity index (χ2v) is 3.96. The van der Waals surface area contributed by atoms with Gasteiger partial charge in [0.2, 0.25) is 0 Å². The summed E-state index contributed by atoms with van der Waals surface area (Å²) in [6.07, 6.45) is 0. The Morgan fingerprint density at radius 1 is 0.938 bits per heavy atom. The van der Waals surface area contributed by atoms with Crippen LogP contribution < -0.4 is 4.90 Å². The van der Waals surface area contributed by atoms with Crippen LogP contribution in [0.4, 0.5) is 5.69 Å². The summed E-state index contributed by atoms with van der Waals surface area (Å²) in [6.45, 7) is 5.60. The molecule has 0 aliphatic heterocycles. The molecule has 0 spiro atoms. The fourth-order valence-electron chi connectivity index (χ4n) is 1.65. The molecule has 1 aromatic rings. The first kappa shape index (κ1) is 13.2. The molecular weight excluding hydrogens is 202 g/mol. The topological polar surface area (TPSA) is 22.9 Å². The van der Waals surface area contributed by atoms with Crippen molar-refractivity contribution in [2.45, 2.75) is 6.92 Å². The Labute approximate surface area is 98.0 Å². The van der Waals surface area contributed by atoms with E-state index < -0.39 is 0 Å². The van der Waals surface area contributed by atoms with Crippen molar-refractivity contribution in [3.63, 3.8) is 0 Å². The number of ether oxygens (including phenoxy) is 2. The maximum Gasteiger partial charge on any atom is 0.131 e. The first-order valence-electron chi connectivity index (χ1n) is 5.67. The molecule has 1 aromatic carbocycles. The zero-order valence-electron chi connectivity index (χ0n) is 10.5. The number of hydrogen-bond donors (Lipinski definition) is 1. The Balaban J connectivity index is 2.62. The van der Waals surface area contributed by atoms with Crippen molar-refractivity contribution < 1.29 is 14.4 Å². The third-order valence-corrected chi connectivity index (χ3v) is 2.68. The zero-order valence-corrected chi connectivity index (χ0v) is 10.5. The summed E-state index contributed by atoms with van der Waals surface area (Å²) < 4.78 is 10.3. The van der Waals surface area contributed by atoms with Crippen LogP contribution in [0.2, 0.25) is 0 Å². The lowest BCUT2D eigenvalue weighted by Crippen LogP contribution is -3.08. The average molecular weight is 224 g/mol. The van der Waals surface area contributed by atoms with Gasteiger partial charge in [-0.25, -0.2) is 0 Å². The smallest absolute Gasteiger partial charge is 0.131 e. The maximum atomic E-state index is 5.14. The Hall–Kier alpha value is -0.900. The summed E-state index contributed by atoms with van der Waals surface area (Å²) in [6, 6.07) is 8.65. The van der Waals surface area contributed by atoms with E-state index >= 15 is 0 Å². The van der Waals surface area contributed by atoms with Crippen molar-refractivity contribution in [1.82, 2.24) is 0 Å². The summed E-state index contributed by atoms with van der Waals surface area (Å²) in [5.41, 5.74) is 2.60. The third-order valence-electron chi connectivity index (χ3n) is 2.68. The maximum absolute atomic E-state index is 5.14. The fraction of sp³-hybridized carbons (Fsp3) is 0.538. The number of benzene rings is 1. The molecule has 1 N–H and O–H groups in total. The SMILES string of the molecule is COCC[NH+](CCOC)c1ccc(C)cc1. The molecule has 0 heterocycles. The van der Waals surface area contributed by atoms with E-state index in [9.17, 15) is 0 Å². The van der Waals surface area contributed by atoms with Gasteiger partial charge in [0.15, 0.2) is 0 Å². The van der Waals surface area contributed by atoms with Gasteiger partial charge in [0.05, 0.1) is 13.2 Å². The van der Waals surface area contributed by atoms with E-state index in [4.69, 9.17) is 9.47 Å². The summed E-state index contributed by atoms with van der Waals surface area (Å²) >= 11 is 0. The van der Waals surface area contributed by atoms with E-state index in [0.29, 0.717) is 0 Å². The highest BCUT2D eigenvalue weighted by atomic mass is 16.5. The number of methoxy groups -OCH3 is 2. The van der Waals surface area contributed by atoms with Crippen molar-refractivity contribution >= 4 is 5.69 Å². The molecule has 3 heteroatoms. The fourth-order valence-corrected chi connectivity index (χ4v) is 1.65. The van der Waals surface area contributed by atoms with E-state index in [2.05, 4.69) is 31.2 Å². The summed E-state index contributed by atoms with van der Waals surface area (Å²) in [5, 5.41) is 0. The van der Waals surface area contributed by atoms with E-state index in [1.54, 1.807) is 14.2 Å². The van der Waals surface area contributed by atoms with Gasteiger partial charge in [0.1, 0.15) is 18.8 Å². The number of nitrogens with one attached hydrogen (secondary N) is 1. The van der Waals surface area contributed by atoms with Crippen LogP contribution in [0, 0.1) is 6.92 Å². The predicted molar refractivity (Wildman–Crippen MR) is 65.3 cm³/mol. The number of aryl methyl sites for hydroxylation is 1. The molecule has 0 aromatic heterocycles. The number of rotatable bonds is 7. The molecule has 3 nitrogen and oxygen atoms in total. The summed E-state index contributed by atoms with van der Waals surface area (Å²) in [5.74, 6) is 0. The van der Waals surface area contributed by atoms with Crippen LogP contribution in [-0.2, 0) is 9.47 Å². The Bertz CT molecular complexity index is 276. The second kappa shape index (κ2) is 7.39. The van der Waals surface area contributed by atoms with E-state index in [-0.39, 0.29) is 0 Å². The lowest BCUT2D eigenvalue weighted by molar-refractivity contribution is -0.833. The highest BCUT2D eigenvalue weighted by Gasteiger charge is 2.10. The van der Waals surface area contributed by atoms with Crippen LogP contribution in [0.1, 0.15) is 5.56 Å². The number of hydrogen-bond acceptors (Lipinski definition) is 2. The van der Waals surface area contributed by atoms with Crippen LogP contribution >= 0.6 is 0 Å². The van der Waals surface area contributed by atoms with Crippen molar-refractivity contribution in [2.24, 2.45) is 0 Å². The molecule has 0 aliphatic rings. The lowest BCUT2D eigenvalue weighted by atomic mass is 10.2. The van der Waals surface area contributed by atoms with Crippen molar-refractivity contribution in [2.75, 3.05) is 40.5 Å². The largest absolute Gasteiger partial charge is 0.379 e.